The van der Waals surface area contributed by atoms with Crippen LogP contribution in [0.3, 0.4) is 0 Å². The van der Waals surface area contributed by atoms with Crippen molar-refractivity contribution >= 4 is 49.3 Å². The maximum atomic E-state index is 14.7. The number of carbonyl (C=O) groups is 2. The van der Waals surface area contributed by atoms with Gasteiger partial charge in [0.2, 0.25) is 5.95 Å². The Morgan fingerprint density at radius 3 is 2.04 bits per heavy atom. The number of ether oxygens (including phenoxy) is 2. The standard InChI is InChI=1S/C31H40FN5O4S.C31H39N5O4S/c1-30(2,3)25-14-13-24(28(32)35-25)29(38)37-42(39,40)27-17-23(41-20-21-10-7-6-8-11-21)16-26(36-27)33-15-9-12-22-18-31(4,5)34-19-22;1-30(2,3)25-14-13-24-28(33-25)36-19-22(18-31(36,4)5)12-9-15-32-26-16-23(40-20-21-10-7-6-8-11-21)17-27(34-26)41(38,39)35-29(24)37/h6-8,10-11,13-14,16-17,22,34H,9,12,15,18-20H2,1-5H3,(H,33,36)(H,37,38);6-8,10-11,13-14,16-17,22H,9,12,15,18-20H2,1-5H3,(H,32,34)(H,35,37). The second-order valence-electron chi connectivity index (χ2n) is 25.0. The predicted octanol–water partition coefficient (Wildman–Crippen LogP) is 10.5. The van der Waals surface area contributed by atoms with E-state index in [1.165, 1.54) is 24.3 Å². The lowest BCUT2D eigenvalue weighted by Crippen LogP contribution is -2.41. The van der Waals surface area contributed by atoms with Gasteiger partial charge in [-0.15, -0.1) is 0 Å². The molecule has 18 nitrogen and oxygen atoms in total. The Morgan fingerprint density at radius 1 is 0.795 bits per heavy atom. The van der Waals surface area contributed by atoms with Crippen LogP contribution in [0.15, 0.2) is 119 Å². The van der Waals surface area contributed by atoms with Gasteiger partial charge < -0.3 is 30.3 Å². The highest BCUT2D eigenvalue weighted by atomic mass is 32.2. The predicted molar refractivity (Wildman–Crippen MR) is 320 cm³/mol. The molecule has 7 heterocycles. The summed E-state index contributed by atoms with van der Waals surface area (Å²) in [5, 5.41) is 9.27. The van der Waals surface area contributed by atoms with Crippen molar-refractivity contribution in [2.24, 2.45) is 11.8 Å². The molecule has 2 aromatic carbocycles. The third kappa shape index (κ3) is 16.5. The Kier molecular flexibility index (Phi) is 18.9. The lowest BCUT2D eigenvalue weighted by atomic mass is 9.91. The first-order chi connectivity index (χ1) is 39.0. The molecule has 9 rings (SSSR count). The van der Waals surface area contributed by atoms with Crippen LogP contribution in [-0.4, -0.2) is 85.8 Å². The molecular formula is C62H79FN10O8S2. The number of nitrogens with zero attached hydrogens (tertiary/aromatic N) is 5. The van der Waals surface area contributed by atoms with Crippen LogP contribution in [0.1, 0.15) is 151 Å². The van der Waals surface area contributed by atoms with Gasteiger partial charge in [0, 0.05) is 77.2 Å². The van der Waals surface area contributed by atoms with E-state index in [4.69, 9.17) is 14.5 Å². The normalized spacial score (nSPS) is 18.4. The Balaban J connectivity index is 0.000000217. The number of pyridine rings is 4. The number of hydrogen-bond acceptors (Lipinski definition) is 16. The van der Waals surface area contributed by atoms with Crippen LogP contribution in [-0.2, 0) is 44.1 Å². The number of anilines is 3. The summed E-state index contributed by atoms with van der Waals surface area (Å²) in [5.41, 5.74) is 2.07. The Hall–Kier alpha value is -7.23. The van der Waals surface area contributed by atoms with Gasteiger partial charge in [0.25, 0.3) is 31.9 Å². The van der Waals surface area contributed by atoms with Gasteiger partial charge in [-0.1, -0.05) is 102 Å². The molecule has 5 N–H and O–H groups in total. The molecule has 4 bridgehead atoms. The largest absolute Gasteiger partial charge is 0.489 e. The summed E-state index contributed by atoms with van der Waals surface area (Å²) in [6.07, 6.45) is 5.79. The summed E-state index contributed by atoms with van der Waals surface area (Å²) in [4.78, 5) is 46.1. The topological polar surface area (TPSA) is 236 Å². The fourth-order valence-corrected chi connectivity index (χ4v) is 12.4. The van der Waals surface area contributed by atoms with E-state index >= 15 is 0 Å². The van der Waals surface area contributed by atoms with Gasteiger partial charge in [-0.05, 0) is 120 Å². The number of halogens is 1. The minimum Gasteiger partial charge on any atom is -0.489 e. The minimum absolute atomic E-state index is 0.144. The molecule has 2 saturated heterocycles. The fraction of sp³-hybridized carbons (Fsp3) is 0.452. The van der Waals surface area contributed by atoms with Crippen LogP contribution < -0.4 is 39.8 Å². The van der Waals surface area contributed by atoms with E-state index in [-0.39, 0.29) is 46.0 Å². The van der Waals surface area contributed by atoms with Gasteiger partial charge in [-0.25, -0.2) is 29.4 Å². The first-order valence-electron chi connectivity index (χ1n) is 28.2. The van der Waals surface area contributed by atoms with E-state index in [1.54, 1.807) is 24.3 Å². The van der Waals surface area contributed by atoms with E-state index in [9.17, 15) is 30.8 Å². The third-order valence-electron chi connectivity index (χ3n) is 14.9. The van der Waals surface area contributed by atoms with E-state index in [0.29, 0.717) is 53.8 Å². The van der Waals surface area contributed by atoms with Crippen molar-refractivity contribution in [3.63, 3.8) is 0 Å². The molecule has 444 valence electrons. The van der Waals surface area contributed by atoms with Crippen LogP contribution in [0, 0.1) is 17.8 Å². The second kappa shape index (κ2) is 25.3. The molecule has 83 heavy (non-hydrogen) atoms. The van der Waals surface area contributed by atoms with Gasteiger partial charge >= 0.3 is 0 Å². The Morgan fingerprint density at radius 2 is 1.42 bits per heavy atom. The highest BCUT2D eigenvalue weighted by molar-refractivity contribution is 7.90. The molecule has 2 amide bonds. The number of aromatic nitrogens is 4. The smallest absolute Gasteiger partial charge is 0.282 e. The zero-order valence-corrected chi connectivity index (χ0v) is 50.9. The van der Waals surface area contributed by atoms with E-state index < -0.39 is 53.8 Å². The van der Waals surface area contributed by atoms with Crippen LogP contribution in [0.4, 0.5) is 21.8 Å². The average Bonchev–Trinajstić information content (AvgIpc) is 4.22. The second-order valence-corrected chi connectivity index (χ2v) is 28.3. The Bertz CT molecular complexity index is 3500. The lowest BCUT2D eigenvalue weighted by Gasteiger charge is -2.34. The van der Waals surface area contributed by atoms with Crippen LogP contribution >= 0.6 is 0 Å². The monoisotopic (exact) mass is 1170 g/mol. The third-order valence-corrected chi connectivity index (χ3v) is 17.3. The zero-order valence-electron chi connectivity index (χ0n) is 49.2. The van der Waals surface area contributed by atoms with Crippen molar-refractivity contribution in [3.05, 3.63) is 149 Å². The number of fused-ring (bicyclic) bond motifs is 6. The summed E-state index contributed by atoms with van der Waals surface area (Å²) in [5.74, 6) is -0.167. The number of carbonyl (C=O) groups excluding carboxylic acids is 2. The molecule has 0 aliphatic carbocycles. The van der Waals surface area contributed by atoms with E-state index in [0.717, 1.165) is 68.4 Å². The maximum absolute atomic E-state index is 14.7. The first kappa shape index (κ1) is 61.8. The number of amides is 2. The number of hydrogen-bond donors (Lipinski definition) is 5. The van der Waals surface area contributed by atoms with E-state index in [2.05, 4.69) is 89.0 Å². The molecular weight excluding hydrogens is 1100 g/mol. The van der Waals surface area contributed by atoms with Crippen LogP contribution in [0.5, 0.6) is 11.5 Å². The molecule has 3 aliphatic rings. The van der Waals surface area contributed by atoms with Gasteiger partial charge in [0.05, 0.1) is 11.1 Å². The van der Waals surface area contributed by atoms with Crippen molar-refractivity contribution in [2.45, 2.75) is 153 Å². The molecule has 0 saturated carbocycles. The quantitative estimate of drug-likeness (QED) is 0.0504. The highest BCUT2D eigenvalue weighted by Gasteiger charge is 2.41. The average molecular weight is 1180 g/mol. The number of sulfonamides is 2. The van der Waals surface area contributed by atoms with E-state index in [1.807, 2.05) is 86.2 Å². The highest BCUT2D eigenvalue weighted by Crippen LogP contribution is 2.40. The maximum Gasteiger partial charge on any atom is 0.282 e. The summed E-state index contributed by atoms with van der Waals surface area (Å²) in [6.45, 7) is 23.9. The molecule has 4 aromatic heterocycles. The first-order valence-corrected chi connectivity index (χ1v) is 31.2. The van der Waals surface area contributed by atoms with Crippen LogP contribution in [0.2, 0.25) is 0 Å². The summed E-state index contributed by atoms with van der Waals surface area (Å²) >= 11 is 0. The van der Waals surface area contributed by atoms with Crippen molar-refractivity contribution in [1.82, 2.24) is 34.7 Å². The van der Waals surface area contributed by atoms with Crippen molar-refractivity contribution in [1.29, 1.82) is 0 Å². The number of benzene rings is 2. The van der Waals surface area contributed by atoms with Gasteiger partial charge in [-0.3, -0.25) is 9.59 Å². The molecule has 2 atom stereocenters. The summed E-state index contributed by atoms with van der Waals surface area (Å²) < 4.78 is 84.4. The molecule has 6 aromatic rings. The molecule has 2 fully saturated rings. The number of rotatable bonds is 14. The van der Waals surface area contributed by atoms with Gasteiger partial charge in [0.1, 0.15) is 42.2 Å². The summed E-state index contributed by atoms with van der Waals surface area (Å²) in [7, 11) is -8.82. The van der Waals surface area contributed by atoms with Crippen molar-refractivity contribution in [2.75, 3.05) is 41.7 Å². The zero-order chi connectivity index (χ0) is 60.0. The molecule has 2 unspecified atom stereocenters. The number of nitrogens with one attached hydrogen (secondary N) is 5. The lowest BCUT2D eigenvalue weighted by molar-refractivity contribution is 0.0969. The van der Waals surface area contributed by atoms with Gasteiger partial charge in [0.15, 0.2) is 10.1 Å². The van der Waals surface area contributed by atoms with Gasteiger partial charge in [-0.2, -0.15) is 21.2 Å². The van der Waals surface area contributed by atoms with Crippen molar-refractivity contribution < 1.29 is 40.3 Å². The fourth-order valence-electron chi connectivity index (χ4n) is 10.5. The Labute approximate surface area is 488 Å². The molecule has 21 heteroatoms. The van der Waals surface area contributed by atoms with Crippen molar-refractivity contribution in [3.8, 4) is 11.5 Å². The van der Waals surface area contributed by atoms with Crippen LogP contribution in [0.25, 0.3) is 0 Å². The molecule has 0 spiro atoms. The SMILES string of the molecule is CC(C)(C)c1ccc2c(n1)N1CC(CCCNc3cc(OCc4ccccc4)cc(n3)S(=O)(=O)NC2=O)CC1(C)C.CC1(C)CC(CCCNc2cc(OCc3ccccc3)cc(S(=O)(=O)NC(=O)c3ccc(C(C)(C)C)nc3F)n2)CN1. The minimum atomic E-state index is -4.48. The summed E-state index contributed by atoms with van der Waals surface area (Å²) in [6, 6.07) is 31.2. The molecule has 0 radical (unpaired) electrons. The molecule has 3 aliphatic heterocycles.